The molecule has 0 aliphatic rings. The van der Waals surface area contributed by atoms with E-state index in [1.54, 1.807) is 26.2 Å². The third-order valence-corrected chi connectivity index (χ3v) is 6.54. The van der Waals surface area contributed by atoms with Gasteiger partial charge in [0.15, 0.2) is 0 Å². The van der Waals surface area contributed by atoms with Crippen LogP contribution in [-0.4, -0.2) is 36.0 Å². The molecule has 2 heterocycles. The predicted octanol–water partition coefficient (Wildman–Crippen LogP) is 3.71. The highest BCUT2D eigenvalue weighted by Crippen LogP contribution is 2.24. The number of methoxy groups -OCH3 is 1. The van der Waals surface area contributed by atoms with E-state index in [0.29, 0.717) is 34.9 Å². The van der Waals surface area contributed by atoms with Crippen molar-refractivity contribution >= 4 is 37.9 Å². The van der Waals surface area contributed by atoms with Crippen LogP contribution in [0.3, 0.4) is 0 Å². The summed E-state index contributed by atoms with van der Waals surface area (Å²) in [6, 6.07) is 11.8. The maximum Gasteiger partial charge on any atom is 0.340 e. The second-order valence-electron chi connectivity index (χ2n) is 7.98. The van der Waals surface area contributed by atoms with Gasteiger partial charge in [-0.25, -0.2) is 23.3 Å². The van der Waals surface area contributed by atoms with Gasteiger partial charge >= 0.3 is 5.97 Å². The Labute approximate surface area is 197 Å². The Bertz CT molecular complexity index is 1490. The average molecular weight is 483 g/mol. The molecule has 0 saturated carbocycles. The average Bonchev–Trinajstić information content (AvgIpc) is 3.16. The Kier molecular flexibility index (Phi) is 6.54. The van der Waals surface area contributed by atoms with Gasteiger partial charge in [0.25, 0.3) is 0 Å². The second-order valence-corrected chi connectivity index (χ2v) is 9.55. The first-order chi connectivity index (χ1) is 16.2. The molecule has 2 aromatic carbocycles. The van der Waals surface area contributed by atoms with Crippen molar-refractivity contribution in [2.75, 3.05) is 7.11 Å². The summed E-state index contributed by atoms with van der Waals surface area (Å²) in [6.45, 7) is 4.41. The number of esters is 1. The SMILES string of the molecule is CCCCn1c(COC(=O)c2cc3cc(OC)ccc3nc2C)nc2cc(S(N)(=O)=O)ccc21. The summed E-state index contributed by atoms with van der Waals surface area (Å²) in [5.41, 5.74) is 2.89. The van der Waals surface area contributed by atoms with Gasteiger partial charge in [-0.3, -0.25) is 4.98 Å². The molecule has 0 amide bonds. The van der Waals surface area contributed by atoms with E-state index in [1.807, 2.05) is 22.8 Å². The Hall–Kier alpha value is -3.50. The van der Waals surface area contributed by atoms with Crippen LogP contribution in [0.4, 0.5) is 0 Å². The first-order valence-electron chi connectivity index (χ1n) is 10.9. The zero-order valence-electron chi connectivity index (χ0n) is 19.2. The lowest BCUT2D eigenvalue weighted by molar-refractivity contribution is 0.0457. The molecule has 2 N–H and O–H groups in total. The summed E-state index contributed by atoms with van der Waals surface area (Å²) in [5, 5.41) is 6.03. The maximum absolute atomic E-state index is 12.9. The predicted molar refractivity (Wildman–Crippen MR) is 128 cm³/mol. The summed E-state index contributed by atoms with van der Waals surface area (Å²) < 4.78 is 36.3. The van der Waals surface area contributed by atoms with Gasteiger partial charge in [-0.1, -0.05) is 13.3 Å². The zero-order chi connectivity index (χ0) is 24.5. The largest absolute Gasteiger partial charge is 0.497 e. The molecular weight excluding hydrogens is 456 g/mol. The molecule has 178 valence electrons. The molecule has 9 nitrogen and oxygen atoms in total. The van der Waals surface area contributed by atoms with Crippen LogP contribution in [0.1, 0.15) is 41.6 Å². The Morgan fingerprint density at radius 2 is 1.88 bits per heavy atom. The lowest BCUT2D eigenvalue weighted by Crippen LogP contribution is -2.12. The van der Waals surface area contributed by atoms with Gasteiger partial charge in [0.2, 0.25) is 10.0 Å². The molecule has 34 heavy (non-hydrogen) atoms. The maximum atomic E-state index is 12.9. The van der Waals surface area contributed by atoms with E-state index < -0.39 is 16.0 Å². The standard InChI is InChI=1S/C24H26N4O5S/c1-4-5-10-28-22-9-7-18(34(25,30)31)13-21(22)27-23(28)14-33-24(29)19-12-16-11-17(32-3)6-8-20(16)26-15(19)2/h6-9,11-13H,4-5,10,14H2,1-3H3,(H2,25,30,31). The number of benzene rings is 2. The van der Waals surface area contributed by atoms with E-state index in [2.05, 4.69) is 16.9 Å². The highest BCUT2D eigenvalue weighted by Gasteiger charge is 2.18. The monoisotopic (exact) mass is 482 g/mol. The van der Waals surface area contributed by atoms with Crippen molar-refractivity contribution in [3.63, 3.8) is 0 Å². The van der Waals surface area contributed by atoms with Gasteiger partial charge in [-0.05, 0) is 55.8 Å². The number of primary sulfonamides is 1. The van der Waals surface area contributed by atoms with Crippen molar-refractivity contribution in [1.29, 1.82) is 0 Å². The van der Waals surface area contributed by atoms with Gasteiger partial charge in [-0.15, -0.1) is 0 Å². The van der Waals surface area contributed by atoms with Crippen LogP contribution in [-0.2, 0) is 27.9 Å². The Balaban J connectivity index is 1.64. The number of rotatable bonds is 8. The molecule has 0 radical (unpaired) electrons. The van der Waals surface area contributed by atoms with E-state index in [-0.39, 0.29) is 11.5 Å². The molecule has 0 fully saturated rings. The molecule has 0 saturated heterocycles. The first-order valence-corrected chi connectivity index (χ1v) is 12.4. The van der Waals surface area contributed by atoms with Gasteiger partial charge in [0, 0.05) is 11.9 Å². The molecule has 0 atom stereocenters. The highest BCUT2D eigenvalue weighted by molar-refractivity contribution is 7.89. The molecule has 0 spiro atoms. The lowest BCUT2D eigenvalue weighted by Gasteiger charge is -2.11. The van der Waals surface area contributed by atoms with Gasteiger partial charge < -0.3 is 14.0 Å². The summed E-state index contributed by atoms with van der Waals surface area (Å²) in [6.07, 6.45) is 1.85. The number of pyridine rings is 1. The molecule has 0 aliphatic carbocycles. The first kappa shape index (κ1) is 23.7. The van der Waals surface area contributed by atoms with Crippen LogP contribution in [0.5, 0.6) is 5.75 Å². The number of carbonyl (C=O) groups is 1. The number of aryl methyl sites for hydroxylation is 2. The van der Waals surface area contributed by atoms with Crippen LogP contribution in [0, 0.1) is 6.92 Å². The summed E-state index contributed by atoms with van der Waals surface area (Å²) >= 11 is 0. The second kappa shape index (κ2) is 9.40. The third-order valence-electron chi connectivity index (χ3n) is 5.63. The molecule has 0 unspecified atom stereocenters. The number of hydrogen-bond donors (Lipinski definition) is 1. The van der Waals surface area contributed by atoms with Crippen LogP contribution < -0.4 is 9.88 Å². The lowest BCUT2D eigenvalue weighted by atomic mass is 10.1. The molecule has 2 aromatic heterocycles. The zero-order valence-corrected chi connectivity index (χ0v) is 20.1. The third kappa shape index (κ3) is 4.73. The number of nitrogens with two attached hydrogens (primary N) is 1. The molecule has 0 aliphatic heterocycles. The number of sulfonamides is 1. The summed E-state index contributed by atoms with van der Waals surface area (Å²) in [4.78, 5) is 22.0. The number of aromatic nitrogens is 3. The number of fused-ring (bicyclic) bond motifs is 2. The number of hydrogen-bond acceptors (Lipinski definition) is 7. The number of unbranched alkanes of at least 4 members (excludes halogenated alkanes) is 1. The van der Waals surface area contributed by atoms with E-state index in [4.69, 9.17) is 14.6 Å². The van der Waals surface area contributed by atoms with E-state index >= 15 is 0 Å². The number of ether oxygens (including phenoxy) is 2. The van der Waals surface area contributed by atoms with Crippen molar-refractivity contribution in [3.8, 4) is 5.75 Å². The van der Waals surface area contributed by atoms with Crippen molar-refractivity contribution < 1.29 is 22.7 Å². The van der Waals surface area contributed by atoms with Crippen LogP contribution in [0.2, 0.25) is 0 Å². The molecule has 10 heteroatoms. The number of imidazole rings is 1. The fourth-order valence-electron chi connectivity index (χ4n) is 3.80. The number of nitrogens with zero attached hydrogens (tertiary/aromatic N) is 3. The fraction of sp³-hybridized carbons (Fsp3) is 0.292. The van der Waals surface area contributed by atoms with Crippen molar-refractivity contribution in [2.45, 2.75) is 44.7 Å². The number of carbonyl (C=O) groups excluding carboxylic acids is 1. The highest BCUT2D eigenvalue weighted by atomic mass is 32.2. The smallest absolute Gasteiger partial charge is 0.340 e. The minimum atomic E-state index is -3.85. The van der Waals surface area contributed by atoms with E-state index in [1.165, 1.54) is 12.1 Å². The fourth-order valence-corrected chi connectivity index (χ4v) is 4.34. The van der Waals surface area contributed by atoms with Gasteiger partial charge in [0.1, 0.15) is 18.2 Å². The molecule has 4 rings (SSSR count). The molecule has 0 bridgehead atoms. The van der Waals surface area contributed by atoms with Crippen LogP contribution in [0.25, 0.3) is 21.9 Å². The summed E-state index contributed by atoms with van der Waals surface area (Å²) in [5.74, 6) is 0.673. The van der Waals surface area contributed by atoms with Gasteiger partial charge in [-0.2, -0.15) is 0 Å². The minimum absolute atomic E-state index is 0.0167. The Morgan fingerprint density at radius 1 is 1.09 bits per heavy atom. The van der Waals surface area contributed by atoms with Crippen LogP contribution in [0.15, 0.2) is 47.4 Å². The molecular formula is C24H26N4O5S. The Morgan fingerprint density at radius 3 is 2.59 bits per heavy atom. The van der Waals surface area contributed by atoms with Crippen LogP contribution >= 0.6 is 0 Å². The normalized spacial score (nSPS) is 11.8. The van der Waals surface area contributed by atoms with Crippen molar-refractivity contribution in [1.82, 2.24) is 14.5 Å². The summed E-state index contributed by atoms with van der Waals surface area (Å²) in [7, 11) is -2.28. The topological polar surface area (TPSA) is 126 Å². The van der Waals surface area contributed by atoms with E-state index in [9.17, 15) is 13.2 Å². The molecule has 4 aromatic rings. The van der Waals surface area contributed by atoms with Crippen molar-refractivity contribution in [3.05, 3.63) is 59.5 Å². The quantitative estimate of drug-likeness (QED) is 0.379. The van der Waals surface area contributed by atoms with E-state index in [0.717, 1.165) is 29.3 Å². The van der Waals surface area contributed by atoms with Crippen molar-refractivity contribution in [2.24, 2.45) is 5.14 Å². The van der Waals surface area contributed by atoms with Gasteiger partial charge in [0.05, 0.1) is 39.8 Å². The minimum Gasteiger partial charge on any atom is -0.497 e.